The van der Waals surface area contributed by atoms with Gasteiger partial charge in [0.2, 0.25) is 5.82 Å². The summed E-state index contributed by atoms with van der Waals surface area (Å²) in [6.07, 6.45) is 3.00. The average molecular weight is 188 g/mol. The first-order valence-electron chi connectivity index (χ1n) is 4.33. The summed E-state index contributed by atoms with van der Waals surface area (Å²) in [5.74, 6) is 0.547. The molecule has 3 rings (SSSR count). The highest BCUT2D eigenvalue weighted by Crippen LogP contribution is 2.29. The number of rotatable bonds is 1. The molecule has 0 atom stereocenters. The van der Waals surface area contributed by atoms with E-state index in [2.05, 4.69) is 43.8 Å². The maximum absolute atomic E-state index is 4.16. The van der Waals surface area contributed by atoms with Crippen LogP contribution < -0.4 is 0 Å². The second kappa shape index (κ2) is 2.50. The molecule has 0 aromatic carbocycles. The largest absolute Gasteiger partial charge is 0.277 e. The van der Waals surface area contributed by atoms with Crippen molar-refractivity contribution in [2.75, 3.05) is 0 Å². The van der Waals surface area contributed by atoms with Gasteiger partial charge >= 0.3 is 0 Å². The minimum atomic E-state index is 0.547. The molecule has 2 N–H and O–H groups in total. The van der Waals surface area contributed by atoms with Crippen molar-refractivity contribution in [2.24, 2.45) is 0 Å². The van der Waals surface area contributed by atoms with Crippen molar-refractivity contribution >= 4 is 6.08 Å². The molecular weight excluding hydrogens is 180 g/mol. The summed E-state index contributed by atoms with van der Waals surface area (Å²) < 4.78 is 0. The van der Waals surface area contributed by atoms with Gasteiger partial charge < -0.3 is 0 Å². The van der Waals surface area contributed by atoms with Gasteiger partial charge in [0, 0.05) is 5.56 Å². The SMILES string of the molecule is CC1=Cc2[nH]nc(-c3nn[nH]n3)c2C1. The van der Waals surface area contributed by atoms with Crippen molar-refractivity contribution in [3.8, 4) is 11.5 Å². The predicted octanol–water partition coefficient (Wildman–Crippen LogP) is 0.549. The van der Waals surface area contributed by atoms with E-state index in [1.807, 2.05) is 0 Å². The topological polar surface area (TPSA) is 83.1 Å². The molecule has 0 unspecified atom stereocenters. The van der Waals surface area contributed by atoms with Gasteiger partial charge in [-0.3, -0.25) is 5.10 Å². The number of H-pyrrole nitrogens is 2. The van der Waals surface area contributed by atoms with Crippen LogP contribution in [0.1, 0.15) is 18.2 Å². The lowest BCUT2D eigenvalue weighted by Gasteiger charge is -1.92. The van der Waals surface area contributed by atoms with E-state index in [1.165, 1.54) is 5.57 Å². The number of aromatic amines is 2. The zero-order chi connectivity index (χ0) is 9.54. The van der Waals surface area contributed by atoms with E-state index < -0.39 is 0 Å². The van der Waals surface area contributed by atoms with Crippen molar-refractivity contribution in [1.29, 1.82) is 0 Å². The van der Waals surface area contributed by atoms with E-state index in [4.69, 9.17) is 0 Å². The van der Waals surface area contributed by atoms with Crippen molar-refractivity contribution in [2.45, 2.75) is 13.3 Å². The molecule has 6 heteroatoms. The Bertz CT molecular complexity index is 492. The second-order valence-corrected chi connectivity index (χ2v) is 3.37. The van der Waals surface area contributed by atoms with Crippen LogP contribution >= 0.6 is 0 Å². The fourth-order valence-corrected chi connectivity index (χ4v) is 1.70. The Kier molecular flexibility index (Phi) is 1.33. The monoisotopic (exact) mass is 188 g/mol. The number of allylic oxidation sites excluding steroid dienone is 1. The number of fused-ring (bicyclic) bond motifs is 1. The third kappa shape index (κ3) is 0.905. The van der Waals surface area contributed by atoms with Crippen LogP contribution in [0.5, 0.6) is 0 Å². The molecule has 14 heavy (non-hydrogen) atoms. The van der Waals surface area contributed by atoms with Crippen LogP contribution in [-0.2, 0) is 6.42 Å². The number of aromatic nitrogens is 6. The molecule has 0 radical (unpaired) electrons. The minimum Gasteiger partial charge on any atom is -0.277 e. The maximum Gasteiger partial charge on any atom is 0.225 e. The molecule has 2 heterocycles. The predicted molar refractivity (Wildman–Crippen MR) is 49.1 cm³/mol. The van der Waals surface area contributed by atoms with Gasteiger partial charge in [0.25, 0.3) is 0 Å². The Balaban J connectivity index is 2.13. The Hall–Kier alpha value is -1.98. The molecule has 0 fully saturated rings. The molecule has 0 saturated heterocycles. The molecule has 0 aliphatic heterocycles. The highest BCUT2D eigenvalue weighted by Gasteiger charge is 2.20. The highest BCUT2D eigenvalue weighted by molar-refractivity contribution is 5.69. The van der Waals surface area contributed by atoms with Gasteiger partial charge in [-0.1, -0.05) is 5.57 Å². The number of hydrogen-bond acceptors (Lipinski definition) is 4. The van der Waals surface area contributed by atoms with Crippen LogP contribution in [0.3, 0.4) is 0 Å². The number of nitrogens with one attached hydrogen (secondary N) is 2. The molecule has 2 aromatic heterocycles. The lowest BCUT2D eigenvalue weighted by atomic mass is 10.1. The number of nitrogens with zero attached hydrogens (tertiary/aromatic N) is 4. The Morgan fingerprint density at radius 1 is 1.36 bits per heavy atom. The van der Waals surface area contributed by atoms with Crippen LogP contribution in [0, 0.1) is 0 Å². The van der Waals surface area contributed by atoms with Crippen LogP contribution in [-0.4, -0.2) is 30.8 Å². The first-order chi connectivity index (χ1) is 6.84. The fraction of sp³-hybridized carbons (Fsp3) is 0.250. The molecule has 0 amide bonds. The summed E-state index contributed by atoms with van der Waals surface area (Å²) in [5.41, 5.74) is 4.33. The van der Waals surface area contributed by atoms with Gasteiger partial charge in [-0.05, 0) is 24.6 Å². The fourth-order valence-electron chi connectivity index (χ4n) is 1.70. The van der Waals surface area contributed by atoms with E-state index in [-0.39, 0.29) is 0 Å². The van der Waals surface area contributed by atoms with Crippen molar-refractivity contribution < 1.29 is 0 Å². The average Bonchev–Trinajstić information content (AvgIpc) is 2.77. The molecule has 1 aliphatic rings. The number of hydrogen-bond donors (Lipinski definition) is 2. The van der Waals surface area contributed by atoms with Gasteiger partial charge in [-0.2, -0.15) is 10.3 Å². The Morgan fingerprint density at radius 3 is 3.07 bits per heavy atom. The molecule has 2 aromatic rings. The van der Waals surface area contributed by atoms with Gasteiger partial charge in [0.15, 0.2) is 0 Å². The molecular formula is C8H8N6. The number of tetrazole rings is 1. The molecule has 0 spiro atoms. The van der Waals surface area contributed by atoms with E-state index in [9.17, 15) is 0 Å². The normalized spacial score (nSPS) is 14.2. The van der Waals surface area contributed by atoms with Crippen molar-refractivity contribution in [3.05, 3.63) is 16.8 Å². The Morgan fingerprint density at radius 2 is 2.29 bits per heavy atom. The molecule has 0 bridgehead atoms. The van der Waals surface area contributed by atoms with Crippen LogP contribution in [0.4, 0.5) is 0 Å². The second-order valence-electron chi connectivity index (χ2n) is 3.37. The van der Waals surface area contributed by atoms with E-state index in [0.29, 0.717) is 5.82 Å². The van der Waals surface area contributed by atoms with E-state index >= 15 is 0 Å². The van der Waals surface area contributed by atoms with Crippen LogP contribution in [0.15, 0.2) is 5.57 Å². The minimum absolute atomic E-state index is 0.547. The lowest BCUT2D eigenvalue weighted by molar-refractivity contribution is 0.881. The van der Waals surface area contributed by atoms with E-state index in [1.54, 1.807) is 0 Å². The van der Waals surface area contributed by atoms with Gasteiger partial charge in [0.1, 0.15) is 5.69 Å². The lowest BCUT2D eigenvalue weighted by Crippen LogP contribution is -1.88. The van der Waals surface area contributed by atoms with Gasteiger partial charge in [0.05, 0.1) is 5.69 Å². The van der Waals surface area contributed by atoms with Crippen molar-refractivity contribution in [3.63, 3.8) is 0 Å². The van der Waals surface area contributed by atoms with Gasteiger partial charge in [-0.15, -0.1) is 10.2 Å². The summed E-state index contributed by atoms with van der Waals surface area (Å²) in [5, 5.41) is 20.9. The first-order valence-corrected chi connectivity index (χ1v) is 4.33. The summed E-state index contributed by atoms with van der Waals surface area (Å²) in [6, 6.07) is 0. The maximum atomic E-state index is 4.16. The third-order valence-electron chi connectivity index (χ3n) is 2.30. The summed E-state index contributed by atoms with van der Waals surface area (Å²) in [6.45, 7) is 2.09. The van der Waals surface area contributed by atoms with E-state index in [0.717, 1.165) is 23.4 Å². The standard InChI is InChI=1S/C8H8N6/c1-4-2-5-6(3-4)9-10-7(5)8-11-13-14-12-8/h3H,2H2,1H3,(H,9,10)(H,11,12,13,14). The zero-order valence-electron chi connectivity index (χ0n) is 7.57. The van der Waals surface area contributed by atoms with Crippen molar-refractivity contribution in [1.82, 2.24) is 30.8 Å². The molecule has 6 nitrogen and oxygen atoms in total. The summed E-state index contributed by atoms with van der Waals surface area (Å²) in [7, 11) is 0. The highest BCUT2D eigenvalue weighted by atomic mass is 15.5. The Labute approximate surface area is 79.4 Å². The zero-order valence-corrected chi connectivity index (χ0v) is 7.57. The quantitative estimate of drug-likeness (QED) is 0.684. The molecule has 1 aliphatic carbocycles. The van der Waals surface area contributed by atoms with Crippen LogP contribution in [0.25, 0.3) is 17.6 Å². The smallest absolute Gasteiger partial charge is 0.225 e. The summed E-state index contributed by atoms with van der Waals surface area (Å²) in [4.78, 5) is 0. The summed E-state index contributed by atoms with van der Waals surface area (Å²) >= 11 is 0. The molecule has 70 valence electrons. The molecule has 0 saturated carbocycles. The van der Waals surface area contributed by atoms with Gasteiger partial charge in [-0.25, -0.2) is 0 Å². The third-order valence-corrected chi connectivity index (χ3v) is 2.30. The van der Waals surface area contributed by atoms with Crippen LogP contribution in [0.2, 0.25) is 0 Å². The first kappa shape index (κ1) is 7.43.